The van der Waals surface area contributed by atoms with E-state index in [1.54, 1.807) is 22.6 Å². The van der Waals surface area contributed by atoms with Crippen molar-refractivity contribution in [2.45, 2.75) is 38.3 Å². The molecule has 2 rings (SSSR count). The van der Waals surface area contributed by atoms with E-state index in [1.165, 1.54) is 12.1 Å². The van der Waals surface area contributed by atoms with Gasteiger partial charge in [0, 0.05) is 24.8 Å². The van der Waals surface area contributed by atoms with E-state index < -0.39 is 10.7 Å². The Morgan fingerprint density at radius 2 is 2.25 bits per heavy atom. The van der Waals surface area contributed by atoms with E-state index in [0.717, 1.165) is 12.8 Å². The fourth-order valence-electron chi connectivity index (χ4n) is 2.38. The van der Waals surface area contributed by atoms with Crippen molar-refractivity contribution in [3.05, 3.63) is 31.6 Å². The molecule has 0 aromatic heterocycles. The monoisotopic (exact) mass is 394 g/mol. The Labute approximate surface area is 130 Å². The molecule has 1 heterocycles. The molecule has 0 bridgehead atoms. The third-order valence-corrected chi connectivity index (χ3v) is 4.12. The Hall–Kier alpha value is -0.960. The molecule has 1 aromatic rings. The molecule has 7 heteroatoms. The number of rotatable bonds is 3. The number of ether oxygens (including phenoxy) is 1. The minimum absolute atomic E-state index is 0.0388. The van der Waals surface area contributed by atoms with Crippen LogP contribution in [0, 0.1) is 19.5 Å². The van der Waals surface area contributed by atoms with E-state index in [1.807, 2.05) is 13.8 Å². The van der Waals surface area contributed by atoms with Gasteiger partial charge in [0.15, 0.2) is 0 Å². The second-order valence-electron chi connectivity index (χ2n) is 5.48. The molecule has 1 saturated heterocycles. The molecule has 0 saturated carbocycles. The molecule has 1 atom stereocenters. The molecule has 20 heavy (non-hydrogen) atoms. The van der Waals surface area contributed by atoms with Crippen LogP contribution >= 0.6 is 22.6 Å². The summed E-state index contributed by atoms with van der Waals surface area (Å²) in [4.78, 5) is 10.6. The third kappa shape index (κ3) is 3.57. The number of nitrogens with one attached hydrogen (secondary N) is 1. The van der Waals surface area contributed by atoms with Crippen molar-refractivity contribution >= 4 is 34.0 Å². The maximum atomic E-state index is 13.6. The molecule has 1 unspecified atom stereocenters. The van der Waals surface area contributed by atoms with Crippen molar-refractivity contribution in [1.29, 1.82) is 0 Å². The van der Waals surface area contributed by atoms with Gasteiger partial charge in [-0.3, -0.25) is 10.1 Å². The van der Waals surface area contributed by atoms with Gasteiger partial charge in [-0.25, -0.2) is 4.39 Å². The fourth-order valence-corrected chi connectivity index (χ4v) is 2.83. The van der Waals surface area contributed by atoms with E-state index in [9.17, 15) is 14.5 Å². The Morgan fingerprint density at radius 1 is 1.55 bits per heavy atom. The van der Waals surface area contributed by atoms with Crippen LogP contribution in [0.5, 0.6) is 0 Å². The summed E-state index contributed by atoms with van der Waals surface area (Å²) in [6.07, 6.45) is 1.46. The smallest absolute Gasteiger partial charge is 0.293 e. The number of hydrogen-bond acceptors (Lipinski definition) is 4. The van der Waals surface area contributed by atoms with E-state index in [4.69, 9.17) is 4.74 Å². The maximum Gasteiger partial charge on any atom is 0.293 e. The van der Waals surface area contributed by atoms with Crippen LogP contribution in [0.3, 0.4) is 0 Å². The summed E-state index contributed by atoms with van der Waals surface area (Å²) in [6, 6.07) is 2.49. The minimum Gasteiger partial charge on any atom is -0.376 e. The molecular formula is C13H16FIN2O3. The highest BCUT2D eigenvalue weighted by Gasteiger charge is 2.30. The average molecular weight is 394 g/mol. The van der Waals surface area contributed by atoms with Gasteiger partial charge >= 0.3 is 0 Å². The molecule has 0 aliphatic carbocycles. The molecule has 1 N–H and O–H groups in total. The summed E-state index contributed by atoms with van der Waals surface area (Å²) in [5, 5.41) is 14.2. The Bertz CT molecular complexity index is 537. The zero-order chi connectivity index (χ0) is 14.9. The van der Waals surface area contributed by atoms with Crippen molar-refractivity contribution in [3.63, 3.8) is 0 Å². The van der Waals surface area contributed by atoms with Gasteiger partial charge in [0.25, 0.3) is 5.69 Å². The molecule has 1 aliphatic rings. The predicted octanol–water partition coefficient (Wildman–Crippen LogP) is 3.71. The zero-order valence-corrected chi connectivity index (χ0v) is 13.4. The van der Waals surface area contributed by atoms with Crippen LogP contribution in [0.4, 0.5) is 15.8 Å². The van der Waals surface area contributed by atoms with Gasteiger partial charge in [-0.2, -0.15) is 0 Å². The van der Waals surface area contributed by atoms with Crippen molar-refractivity contribution in [2.75, 3.05) is 11.9 Å². The van der Waals surface area contributed by atoms with Crippen LogP contribution in [0.2, 0.25) is 0 Å². The van der Waals surface area contributed by atoms with Gasteiger partial charge in [-0.05, 0) is 49.3 Å². The first kappa shape index (κ1) is 15.4. The lowest BCUT2D eigenvalue weighted by Crippen LogP contribution is -2.40. The minimum atomic E-state index is -0.492. The predicted molar refractivity (Wildman–Crippen MR) is 82.4 cm³/mol. The van der Waals surface area contributed by atoms with E-state index in [2.05, 4.69) is 5.32 Å². The van der Waals surface area contributed by atoms with Crippen molar-refractivity contribution < 1.29 is 14.1 Å². The zero-order valence-electron chi connectivity index (χ0n) is 11.3. The van der Waals surface area contributed by atoms with Crippen molar-refractivity contribution in [2.24, 2.45) is 0 Å². The lowest BCUT2D eigenvalue weighted by molar-refractivity contribution is -0.384. The van der Waals surface area contributed by atoms with Crippen LogP contribution in [0.1, 0.15) is 26.7 Å². The number of hydrogen-bond donors (Lipinski definition) is 1. The SMILES string of the molecule is CC1(C)CC(Nc2cc(F)c(I)cc2[N+](=O)[O-])CCO1. The number of nitro groups is 1. The molecular weight excluding hydrogens is 378 g/mol. The molecule has 1 fully saturated rings. The van der Waals surface area contributed by atoms with Gasteiger partial charge < -0.3 is 10.1 Å². The van der Waals surface area contributed by atoms with Crippen molar-refractivity contribution in [1.82, 2.24) is 0 Å². The summed E-state index contributed by atoms with van der Waals surface area (Å²) in [5.74, 6) is -0.454. The first-order valence-electron chi connectivity index (χ1n) is 6.32. The van der Waals surface area contributed by atoms with E-state index in [-0.39, 0.29) is 26.6 Å². The van der Waals surface area contributed by atoms with Gasteiger partial charge in [-0.15, -0.1) is 0 Å². The molecule has 0 radical (unpaired) electrons. The molecule has 0 amide bonds. The number of anilines is 1. The lowest BCUT2D eigenvalue weighted by Gasteiger charge is -2.36. The normalized spacial score (nSPS) is 21.5. The van der Waals surface area contributed by atoms with Crippen LogP contribution in [-0.2, 0) is 4.74 Å². The van der Waals surface area contributed by atoms with E-state index >= 15 is 0 Å². The van der Waals surface area contributed by atoms with Crippen LogP contribution in [-0.4, -0.2) is 23.2 Å². The topological polar surface area (TPSA) is 64.4 Å². The van der Waals surface area contributed by atoms with E-state index in [0.29, 0.717) is 6.61 Å². The number of benzene rings is 1. The summed E-state index contributed by atoms with van der Waals surface area (Å²) >= 11 is 1.75. The van der Waals surface area contributed by atoms with Crippen LogP contribution in [0.15, 0.2) is 12.1 Å². The highest BCUT2D eigenvalue weighted by Crippen LogP contribution is 2.32. The highest BCUT2D eigenvalue weighted by atomic mass is 127. The highest BCUT2D eigenvalue weighted by molar-refractivity contribution is 14.1. The molecule has 5 nitrogen and oxygen atoms in total. The number of nitrogens with zero attached hydrogens (tertiary/aromatic N) is 1. The van der Waals surface area contributed by atoms with Gasteiger partial charge in [0.2, 0.25) is 0 Å². The standard InChI is InChI=1S/C13H16FIN2O3/c1-13(2)7-8(3-4-20-13)16-11-5-9(14)10(15)6-12(11)17(18)19/h5-6,8,16H,3-4,7H2,1-2H3. The second kappa shape index (κ2) is 5.80. The van der Waals surface area contributed by atoms with Gasteiger partial charge in [0.05, 0.1) is 14.1 Å². The van der Waals surface area contributed by atoms with Crippen LogP contribution < -0.4 is 5.32 Å². The van der Waals surface area contributed by atoms with Crippen molar-refractivity contribution in [3.8, 4) is 0 Å². The maximum absolute atomic E-state index is 13.6. The Kier molecular flexibility index (Phi) is 4.48. The lowest BCUT2D eigenvalue weighted by atomic mass is 9.93. The van der Waals surface area contributed by atoms with Gasteiger partial charge in [-0.1, -0.05) is 0 Å². The summed E-state index contributed by atoms with van der Waals surface area (Å²) in [6.45, 7) is 4.54. The first-order chi connectivity index (χ1) is 9.28. The third-order valence-electron chi connectivity index (χ3n) is 3.29. The summed E-state index contributed by atoms with van der Waals surface area (Å²) < 4.78 is 19.5. The fraction of sp³-hybridized carbons (Fsp3) is 0.538. The second-order valence-corrected chi connectivity index (χ2v) is 6.64. The Balaban J connectivity index is 2.24. The molecule has 0 spiro atoms. The number of halogens is 2. The quantitative estimate of drug-likeness (QED) is 0.483. The Morgan fingerprint density at radius 3 is 2.85 bits per heavy atom. The average Bonchev–Trinajstić information content (AvgIpc) is 2.32. The molecule has 110 valence electrons. The number of nitro benzene ring substituents is 1. The summed E-state index contributed by atoms with van der Waals surface area (Å²) in [7, 11) is 0. The van der Waals surface area contributed by atoms with Gasteiger partial charge in [0.1, 0.15) is 11.5 Å². The molecule has 1 aliphatic heterocycles. The first-order valence-corrected chi connectivity index (χ1v) is 7.40. The van der Waals surface area contributed by atoms with Crippen LogP contribution in [0.25, 0.3) is 0 Å². The summed E-state index contributed by atoms with van der Waals surface area (Å²) in [5.41, 5.74) is -0.136. The molecule has 1 aromatic carbocycles. The largest absolute Gasteiger partial charge is 0.376 e.